The molecule has 0 saturated heterocycles. The molecule has 0 amide bonds. The average Bonchev–Trinajstić information content (AvgIpc) is 2.47. The molecule has 1 atom stereocenters. The average molecular weight is 369 g/mol. The standard InChI is InChI=1S/C16H15BrClNO2/c17-13-8-12(6-7-14(13)18)10-19-15(16(20)21)9-11-4-2-1-3-5-11/h1-8,15,19H,9-10H2,(H,20,21)/t15-/m1/s1. The fourth-order valence-corrected chi connectivity index (χ4v) is 2.53. The lowest BCUT2D eigenvalue weighted by molar-refractivity contribution is -0.139. The van der Waals surface area contributed by atoms with Crippen molar-refractivity contribution >= 4 is 33.5 Å². The van der Waals surface area contributed by atoms with Gasteiger partial charge in [-0.25, -0.2) is 0 Å². The van der Waals surface area contributed by atoms with Crippen LogP contribution < -0.4 is 5.32 Å². The molecule has 2 rings (SSSR count). The molecule has 0 aliphatic heterocycles. The first-order chi connectivity index (χ1) is 10.1. The van der Waals surface area contributed by atoms with Gasteiger partial charge in [0.25, 0.3) is 0 Å². The van der Waals surface area contributed by atoms with Crippen molar-refractivity contribution in [1.29, 1.82) is 0 Å². The third kappa shape index (κ3) is 4.84. The minimum atomic E-state index is -0.855. The number of hydrogen-bond donors (Lipinski definition) is 2. The summed E-state index contributed by atoms with van der Waals surface area (Å²) in [5.41, 5.74) is 1.97. The second-order valence-corrected chi connectivity index (χ2v) is 5.97. The number of rotatable bonds is 6. The van der Waals surface area contributed by atoms with Crippen molar-refractivity contribution in [2.24, 2.45) is 0 Å². The summed E-state index contributed by atoms with van der Waals surface area (Å²) in [7, 11) is 0. The molecule has 3 nitrogen and oxygen atoms in total. The Morgan fingerprint density at radius 3 is 2.52 bits per heavy atom. The third-order valence-electron chi connectivity index (χ3n) is 3.12. The molecule has 0 aliphatic rings. The van der Waals surface area contributed by atoms with Crippen LogP contribution in [0.25, 0.3) is 0 Å². The summed E-state index contributed by atoms with van der Waals surface area (Å²) >= 11 is 9.30. The predicted molar refractivity (Wildman–Crippen MR) is 87.6 cm³/mol. The Labute approximate surface area is 137 Å². The lowest BCUT2D eigenvalue weighted by atomic mass is 10.1. The van der Waals surface area contributed by atoms with Crippen LogP contribution in [0.15, 0.2) is 53.0 Å². The quantitative estimate of drug-likeness (QED) is 0.813. The van der Waals surface area contributed by atoms with Gasteiger partial charge in [0.05, 0.1) is 5.02 Å². The van der Waals surface area contributed by atoms with Gasteiger partial charge in [-0.05, 0) is 45.6 Å². The van der Waals surface area contributed by atoms with Gasteiger partial charge in [-0.15, -0.1) is 0 Å². The Kier molecular flexibility index (Phi) is 5.79. The molecule has 2 N–H and O–H groups in total. The van der Waals surface area contributed by atoms with Gasteiger partial charge < -0.3 is 10.4 Å². The van der Waals surface area contributed by atoms with Gasteiger partial charge in [0.2, 0.25) is 0 Å². The van der Waals surface area contributed by atoms with Crippen LogP contribution in [0.4, 0.5) is 0 Å². The molecular weight excluding hydrogens is 354 g/mol. The Morgan fingerprint density at radius 2 is 1.90 bits per heavy atom. The first-order valence-corrected chi connectivity index (χ1v) is 7.67. The molecule has 5 heteroatoms. The summed E-state index contributed by atoms with van der Waals surface area (Å²) in [4.78, 5) is 11.4. The molecule has 0 saturated carbocycles. The van der Waals surface area contributed by atoms with E-state index in [0.29, 0.717) is 18.0 Å². The van der Waals surface area contributed by atoms with Crippen LogP contribution in [0.2, 0.25) is 5.02 Å². The van der Waals surface area contributed by atoms with Crippen molar-refractivity contribution in [3.8, 4) is 0 Å². The Morgan fingerprint density at radius 1 is 1.19 bits per heavy atom. The summed E-state index contributed by atoms with van der Waals surface area (Å²) in [6.07, 6.45) is 0.449. The zero-order valence-electron chi connectivity index (χ0n) is 11.2. The van der Waals surface area contributed by atoms with Crippen LogP contribution in [0, 0.1) is 0 Å². The lowest BCUT2D eigenvalue weighted by Gasteiger charge is -2.15. The zero-order valence-corrected chi connectivity index (χ0v) is 13.6. The van der Waals surface area contributed by atoms with E-state index >= 15 is 0 Å². The number of benzene rings is 2. The van der Waals surface area contributed by atoms with E-state index in [4.69, 9.17) is 11.6 Å². The number of aliphatic carboxylic acids is 1. The third-order valence-corrected chi connectivity index (χ3v) is 4.33. The number of carbonyl (C=O) groups is 1. The molecule has 0 aliphatic carbocycles. The van der Waals surface area contributed by atoms with Crippen molar-refractivity contribution < 1.29 is 9.90 Å². The Bertz CT molecular complexity index is 619. The SMILES string of the molecule is O=C(O)[C@@H](Cc1ccccc1)NCc1ccc(Cl)c(Br)c1. The van der Waals surface area contributed by atoms with Gasteiger partial charge in [-0.2, -0.15) is 0 Å². The summed E-state index contributed by atoms with van der Waals surface area (Å²) in [6, 6.07) is 14.5. The van der Waals surface area contributed by atoms with Gasteiger partial charge in [0.15, 0.2) is 0 Å². The molecule has 0 radical (unpaired) electrons. The molecule has 2 aromatic rings. The highest BCUT2D eigenvalue weighted by Gasteiger charge is 2.17. The molecule has 110 valence electrons. The monoisotopic (exact) mass is 367 g/mol. The van der Waals surface area contributed by atoms with Crippen molar-refractivity contribution in [2.45, 2.75) is 19.0 Å². The fraction of sp³-hybridized carbons (Fsp3) is 0.188. The molecule has 2 aromatic carbocycles. The molecule has 0 heterocycles. The van der Waals surface area contributed by atoms with Crippen LogP contribution in [-0.4, -0.2) is 17.1 Å². The largest absolute Gasteiger partial charge is 0.480 e. The minimum absolute atomic E-state index is 0.449. The fourth-order valence-electron chi connectivity index (χ4n) is 1.99. The highest BCUT2D eigenvalue weighted by atomic mass is 79.9. The van der Waals surface area contributed by atoms with Gasteiger partial charge in [-0.1, -0.05) is 48.0 Å². The van der Waals surface area contributed by atoms with Gasteiger partial charge in [0, 0.05) is 11.0 Å². The van der Waals surface area contributed by atoms with Crippen LogP contribution in [0.5, 0.6) is 0 Å². The maximum atomic E-state index is 11.4. The number of carboxylic acids is 1. The maximum absolute atomic E-state index is 11.4. The number of nitrogens with one attached hydrogen (secondary N) is 1. The summed E-state index contributed by atoms with van der Waals surface area (Å²) in [6.45, 7) is 0.472. The predicted octanol–water partition coefficient (Wildman–Crippen LogP) is 3.89. The molecular formula is C16H15BrClNO2. The van der Waals surface area contributed by atoms with E-state index in [-0.39, 0.29) is 0 Å². The van der Waals surface area contributed by atoms with E-state index in [1.807, 2.05) is 42.5 Å². The number of hydrogen-bond acceptors (Lipinski definition) is 2. The highest BCUT2D eigenvalue weighted by molar-refractivity contribution is 9.10. The van der Waals surface area contributed by atoms with Crippen LogP contribution in [0.3, 0.4) is 0 Å². The van der Waals surface area contributed by atoms with Crippen molar-refractivity contribution in [1.82, 2.24) is 5.32 Å². The number of halogens is 2. The summed E-state index contributed by atoms with van der Waals surface area (Å²) < 4.78 is 0.804. The summed E-state index contributed by atoms with van der Waals surface area (Å²) in [5, 5.41) is 13.0. The van der Waals surface area contributed by atoms with Crippen LogP contribution >= 0.6 is 27.5 Å². The molecule has 0 bridgehead atoms. The van der Waals surface area contributed by atoms with E-state index in [9.17, 15) is 9.90 Å². The van der Waals surface area contributed by atoms with Gasteiger partial charge in [0.1, 0.15) is 6.04 Å². The molecule has 21 heavy (non-hydrogen) atoms. The normalized spacial score (nSPS) is 12.1. The maximum Gasteiger partial charge on any atom is 0.321 e. The van der Waals surface area contributed by atoms with Gasteiger partial charge >= 0.3 is 5.97 Å². The molecule has 0 spiro atoms. The zero-order chi connectivity index (χ0) is 15.2. The van der Waals surface area contributed by atoms with Crippen LogP contribution in [-0.2, 0) is 17.8 Å². The summed E-state index contributed by atoms with van der Waals surface area (Å²) in [5.74, 6) is -0.855. The van der Waals surface area contributed by atoms with E-state index < -0.39 is 12.0 Å². The second kappa shape index (κ2) is 7.59. The van der Waals surface area contributed by atoms with Gasteiger partial charge in [-0.3, -0.25) is 4.79 Å². The Balaban J connectivity index is 2.00. The highest BCUT2D eigenvalue weighted by Crippen LogP contribution is 2.23. The van der Waals surface area contributed by atoms with Crippen molar-refractivity contribution in [3.05, 3.63) is 69.2 Å². The lowest BCUT2D eigenvalue weighted by Crippen LogP contribution is -2.38. The minimum Gasteiger partial charge on any atom is -0.480 e. The second-order valence-electron chi connectivity index (χ2n) is 4.71. The van der Waals surface area contributed by atoms with E-state index in [0.717, 1.165) is 15.6 Å². The van der Waals surface area contributed by atoms with E-state index in [1.54, 1.807) is 6.07 Å². The Hall–Kier alpha value is -1.36. The van der Waals surface area contributed by atoms with Crippen molar-refractivity contribution in [3.63, 3.8) is 0 Å². The number of carboxylic acid groups (broad SMARTS) is 1. The first kappa shape index (κ1) is 16.0. The van der Waals surface area contributed by atoms with E-state index in [1.165, 1.54) is 0 Å². The smallest absolute Gasteiger partial charge is 0.321 e. The molecule has 0 aromatic heterocycles. The van der Waals surface area contributed by atoms with Crippen LogP contribution in [0.1, 0.15) is 11.1 Å². The molecule has 0 unspecified atom stereocenters. The van der Waals surface area contributed by atoms with Crippen molar-refractivity contribution in [2.75, 3.05) is 0 Å². The molecule has 0 fully saturated rings. The topological polar surface area (TPSA) is 49.3 Å². The van der Waals surface area contributed by atoms with E-state index in [2.05, 4.69) is 21.2 Å². The first-order valence-electron chi connectivity index (χ1n) is 6.50.